The van der Waals surface area contributed by atoms with E-state index in [0.29, 0.717) is 44.3 Å². The molecule has 0 aromatic carbocycles. The van der Waals surface area contributed by atoms with Gasteiger partial charge in [0, 0.05) is 0 Å². The van der Waals surface area contributed by atoms with Gasteiger partial charge >= 0.3 is 6.18 Å². The third-order valence-corrected chi connectivity index (χ3v) is 5.03. The maximum absolute atomic E-state index is 12.8. The summed E-state index contributed by atoms with van der Waals surface area (Å²) in [5, 5.41) is 2.93. The molecule has 3 rings (SSSR count). The number of nitrogens with one attached hydrogen (secondary N) is 3. The van der Waals surface area contributed by atoms with Crippen molar-refractivity contribution in [3.8, 4) is 0 Å². The molecule has 1 amide bonds. The van der Waals surface area contributed by atoms with Crippen LogP contribution in [0.25, 0.3) is 0 Å². The van der Waals surface area contributed by atoms with E-state index in [1.165, 1.54) is 0 Å². The van der Waals surface area contributed by atoms with Crippen molar-refractivity contribution in [2.45, 2.75) is 19.1 Å². The number of piperazine rings is 1. The molecule has 1 fully saturated rings. The Morgan fingerprint density at radius 2 is 2.14 bits per heavy atom. The highest BCUT2D eigenvalue weighted by atomic mass is 35.5. The number of furan rings is 1. The van der Waals surface area contributed by atoms with Gasteiger partial charge in [-0.1, -0.05) is 11.6 Å². The van der Waals surface area contributed by atoms with Gasteiger partial charge in [-0.3, -0.25) is 4.79 Å². The Morgan fingerprint density at radius 1 is 1.43 bits per heavy atom. The Morgan fingerprint density at radius 3 is 2.71 bits per heavy atom. The van der Waals surface area contributed by atoms with Crippen LogP contribution < -0.4 is 20.1 Å². The molecular weight excluding hydrogens is 397 g/mol. The zero-order chi connectivity index (χ0) is 20.3. The van der Waals surface area contributed by atoms with Crippen LogP contribution in [0.15, 0.2) is 35.1 Å². The van der Waals surface area contributed by atoms with Crippen LogP contribution in [-0.4, -0.2) is 38.6 Å². The average Bonchev–Trinajstić information content (AvgIpc) is 3.16. The minimum atomic E-state index is -4.44. The number of carbonyl (C=O) groups is 1. The van der Waals surface area contributed by atoms with Crippen molar-refractivity contribution in [2.75, 3.05) is 37.6 Å². The molecule has 2 aromatic heterocycles. The Kier molecular flexibility index (Phi) is 6.14. The number of anilines is 1. The van der Waals surface area contributed by atoms with E-state index < -0.39 is 11.7 Å². The van der Waals surface area contributed by atoms with Crippen LogP contribution in [0.5, 0.6) is 0 Å². The van der Waals surface area contributed by atoms with E-state index in [0.717, 1.165) is 17.2 Å². The smallest absolute Gasteiger partial charge is 0.419 e. The number of amides is 1. The van der Waals surface area contributed by atoms with E-state index in [4.69, 9.17) is 16.0 Å². The van der Waals surface area contributed by atoms with Gasteiger partial charge in [-0.25, -0.2) is 9.88 Å². The fraction of sp³-hybridized carbons (Fsp3) is 0.444. The summed E-state index contributed by atoms with van der Waals surface area (Å²) in [5.41, 5.74) is -0.812. The van der Waals surface area contributed by atoms with Crippen LogP contribution in [0.2, 0.25) is 5.02 Å². The van der Waals surface area contributed by atoms with Crippen molar-refractivity contribution < 1.29 is 32.3 Å². The monoisotopic (exact) mass is 418 g/mol. The molecule has 0 radical (unpaired) electrons. The molecule has 3 N–H and O–H groups in total. The number of hydrogen-bond donors (Lipinski definition) is 2. The van der Waals surface area contributed by atoms with Crippen molar-refractivity contribution in [2.24, 2.45) is 0 Å². The molecule has 1 aliphatic heterocycles. The number of nitrogens with zero attached hydrogens (tertiary/aromatic N) is 1. The molecule has 1 saturated heterocycles. The lowest BCUT2D eigenvalue weighted by atomic mass is 10.2. The van der Waals surface area contributed by atoms with Crippen molar-refractivity contribution in [3.05, 3.63) is 47.0 Å². The van der Waals surface area contributed by atoms with E-state index in [1.807, 2.05) is 11.8 Å². The number of aromatic nitrogens is 1. The van der Waals surface area contributed by atoms with Crippen LogP contribution in [0.3, 0.4) is 0 Å². The van der Waals surface area contributed by atoms with Gasteiger partial charge in [0.1, 0.15) is 43.2 Å². The fourth-order valence-corrected chi connectivity index (χ4v) is 3.51. The number of hydrogen-bond acceptors (Lipinski definition) is 3. The largest absolute Gasteiger partial charge is 0.467 e. The van der Waals surface area contributed by atoms with E-state index in [2.05, 4.69) is 10.3 Å². The Bertz CT molecular complexity index is 806. The molecule has 0 spiro atoms. The number of pyridine rings is 1. The van der Waals surface area contributed by atoms with Gasteiger partial charge in [0.05, 0.1) is 17.9 Å². The Balaban J connectivity index is 1.51. The van der Waals surface area contributed by atoms with Gasteiger partial charge in [0.25, 0.3) is 11.7 Å². The van der Waals surface area contributed by atoms with E-state index >= 15 is 0 Å². The number of rotatable bonds is 5. The molecule has 0 bridgehead atoms. The van der Waals surface area contributed by atoms with Gasteiger partial charge in [0.15, 0.2) is 6.54 Å². The number of carbonyl (C=O) groups excluding carboxylic acids is 1. The van der Waals surface area contributed by atoms with Gasteiger partial charge < -0.3 is 14.6 Å². The zero-order valence-corrected chi connectivity index (χ0v) is 16.0. The fourth-order valence-electron chi connectivity index (χ4n) is 3.22. The second-order valence-electron chi connectivity index (χ2n) is 6.80. The molecule has 0 unspecified atom stereocenters. The lowest BCUT2D eigenvalue weighted by Gasteiger charge is -2.28. The van der Waals surface area contributed by atoms with Crippen LogP contribution in [0.4, 0.5) is 19.0 Å². The van der Waals surface area contributed by atoms with Gasteiger partial charge in [-0.05, 0) is 25.1 Å². The first kappa shape index (κ1) is 20.5. The lowest BCUT2D eigenvalue weighted by molar-refractivity contribution is -0.892. The van der Waals surface area contributed by atoms with Crippen LogP contribution >= 0.6 is 11.6 Å². The summed E-state index contributed by atoms with van der Waals surface area (Å²) in [7, 11) is 0. The standard InChI is InChI=1S/C18H20ClF3N4O2/c1-12(15-3-2-8-28-15)24-16(27)11-25-4-6-26(7-5-25)17-14(19)9-13(10-23-17)18(20,21)22/h2-3,8-10,12H,4-7,11H2,1H3,(H,24,27)/p+2/t12-/m0/s1. The molecular formula is C18H22ClF3N4O2+2. The quantitative estimate of drug-likeness (QED) is 0.770. The first-order chi connectivity index (χ1) is 13.2. The van der Waals surface area contributed by atoms with Crippen molar-refractivity contribution >= 4 is 23.3 Å². The first-order valence-electron chi connectivity index (χ1n) is 8.93. The van der Waals surface area contributed by atoms with Crippen LogP contribution in [-0.2, 0) is 11.0 Å². The minimum absolute atomic E-state index is 0.0308. The maximum atomic E-state index is 12.8. The highest BCUT2D eigenvalue weighted by Crippen LogP contribution is 2.31. The second kappa shape index (κ2) is 8.40. The number of halogens is 4. The summed E-state index contributed by atoms with van der Waals surface area (Å²) in [4.78, 5) is 17.9. The molecule has 152 valence electrons. The highest BCUT2D eigenvalue weighted by molar-refractivity contribution is 6.32. The van der Waals surface area contributed by atoms with Gasteiger partial charge in [0.2, 0.25) is 0 Å². The molecule has 6 nitrogen and oxygen atoms in total. The lowest BCUT2D eigenvalue weighted by Crippen LogP contribution is -3.16. The first-order valence-corrected chi connectivity index (χ1v) is 9.31. The van der Waals surface area contributed by atoms with Crippen LogP contribution in [0, 0.1) is 0 Å². The summed E-state index contributed by atoms with van der Waals surface area (Å²) in [6.45, 7) is 4.69. The second-order valence-corrected chi connectivity index (χ2v) is 7.21. The normalized spacial score (nSPS) is 16.8. The highest BCUT2D eigenvalue weighted by Gasteiger charge is 2.35. The summed E-state index contributed by atoms with van der Waals surface area (Å²) in [5.74, 6) is 1.08. The van der Waals surface area contributed by atoms with Crippen LogP contribution in [0.1, 0.15) is 24.3 Å². The van der Waals surface area contributed by atoms with E-state index in [1.54, 1.807) is 18.4 Å². The van der Waals surface area contributed by atoms with Gasteiger partial charge in [-0.15, -0.1) is 0 Å². The maximum Gasteiger partial charge on any atom is 0.419 e. The summed E-state index contributed by atoms with van der Waals surface area (Å²) >= 11 is 6.04. The number of alkyl halides is 3. The molecule has 3 heterocycles. The Hall–Kier alpha value is -2.26. The van der Waals surface area contributed by atoms with Crippen molar-refractivity contribution in [3.63, 3.8) is 0 Å². The number of aromatic amines is 1. The zero-order valence-electron chi connectivity index (χ0n) is 15.3. The molecule has 10 heteroatoms. The molecule has 0 aliphatic carbocycles. The predicted octanol–water partition coefficient (Wildman–Crippen LogP) is 1.35. The number of quaternary nitrogens is 1. The molecule has 0 saturated carbocycles. The minimum Gasteiger partial charge on any atom is -0.467 e. The SMILES string of the molecule is C[C@H](NC(=O)C[NH+]1CCN(c2[nH+]cc(C(F)(F)F)cc2Cl)CC1)c1ccco1. The third-order valence-electron chi connectivity index (χ3n) is 4.74. The molecule has 1 aliphatic rings. The van der Waals surface area contributed by atoms with E-state index in [9.17, 15) is 18.0 Å². The van der Waals surface area contributed by atoms with Crippen molar-refractivity contribution in [1.29, 1.82) is 0 Å². The average molecular weight is 419 g/mol. The summed E-state index contributed by atoms with van der Waals surface area (Å²) in [6.07, 6.45) is -1.96. The number of H-pyrrole nitrogens is 1. The molecule has 2 aromatic rings. The molecule has 1 atom stereocenters. The van der Waals surface area contributed by atoms with E-state index in [-0.39, 0.29) is 17.0 Å². The topological polar surface area (TPSA) is 64.1 Å². The summed E-state index contributed by atoms with van der Waals surface area (Å²) < 4.78 is 43.5. The summed E-state index contributed by atoms with van der Waals surface area (Å²) in [6, 6.07) is 4.30. The Labute approximate surface area is 165 Å². The third kappa shape index (κ3) is 4.96. The van der Waals surface area contributed by atoms with Gasteiger partial charge in [-0.2, -0.15) is 13.2 Å². The van der Waals surface area contributed by atoms with Crippen molar-refractivity contribution in [1.82, 2.24) is 5.32 Å². The molecule has 28 heavy (non-hydrogen) atoms. The predicted molar refractivity (Wildman–Crippen MR) is 96.1 cm³/mol.